The fraction of sp³-hybridized carbons (Fsp3) is 0.370. The topological polar surface area (TPSA) is 153 Å². The molecule has 0 saturated carbocycles. The molecular formula is C27H27ClF3N5O7S. The Kier molecular flexibility index (Phi) is 9.27. The maximum Gasteiger partial charge on any atom is 0.573 e. The van der Waals surface area contributed by atoms with Gasteiger partial charge in [0.05, 0.1) is 17.1 Å². The van der Waals surface area contributed by atoms with Gasteiger partial charge in [-0.3, -0.25) is 28.1 Å². The summed E-state index contributed by atoms with van der Waals surface area (Å²) in [4.78, 5) is 55.1. The number of thiazole rings is 1. The van der Waals surface area contributed by atoms with Gasteiger partial charge in [0, 0.05) is 30.6 Å². The molecule has 0 aliphatic carbocycles. The molecule has 0 aliphatic heterocycles. The Hall–Kier alpha value is -4.15. The Balaban J connectivity index is 1.76. The smallest absolute Gasteiger partial charge is 0.444 e. The van der Waals surface area contributed by atoms with Gasteiger partial charge >= 0.3 is 18.0 Å². The second-order valence-corrected chi connectivity index (χ2v) is 11.3. The molecule has 0 spiro atoms. The third kappa shape index (κ3) is 6.66. The van der Waals surface area contributed by atoms with Crippen LogP contribution in [-0.4, -0.2) is 38.0 Å². The first-order valence-corrected chi connectivity index (χ1v) is 14.2. The normalized spacial score (nSPS) is 13.1. The van der Waals surface area contributed by atoms with Crippen molar-refractivity contribution in [2.45, 2.75) is 46.3 Å². The lowest BCUT2D eigenvalue weighted by atomic mass is 10.1. The van der Waals surface area contributed by atoms with Crippen molar-refractivity contribution < 1.29 is 36.7 Å². The number of nitrogens with two attached hydrogens (primary N) is 1. The van der Waals surface area contributed by atoms with E-state index in [-0.39, 0.29) is 44.6 Å². The minimum absolute atomic E-state index is 0.00936. The minimum atomic E-state index is -4.96. The Labute approximate surface area is 255 Å². The van der Waals surface area contributed by atoms with Gasteiger partial charge < -0.3 is 19.6 Å². The SMILES string of the molecule is Cc1oc2c(c1CC(=O)N=c1scc(-c3ccc(OC(F)(F)F)c(Cl)c3)n1COC(=O)C(N)C(C)C)c(=O)n(C)c(=O)n2C. The van der Waals surface area contributed by atoms with E-state index >= 15 is 0 Å². The van der Waals surface area contributed by atoms with Gasteiger partial charge in [-0.25, -0.2) is 4.79 Å². The number of aromatic nitrogens is 3. The van der Waals surface area contributed by atoms with E-state index in [0.717, 1.165) is 26.5 Å². The molecule has 4 rings (SSSR count). The van der Waals surface area contributed by atoms with Crippen LogP contribution in [-0.2, 0) is 41.6 Å². The van der Waals surface area contributed by atoms with Gasteiger partial charge in [0.1, 0.15) is 22.9 Å². The van der Waals surface area contributed by atoms with Crippen LogP contribution in [0, 0.1) is 12.8 Å². The van der Waals surface area contributed by atoms with Crippen LogP contribution < -0.4 is 26.5 Å². The van der Waals surface area contributed by atoms with Gasteiger partial charge in [-0.05, 0) is 31.0 Å². The number of benzene rings is 1. The molecule has 2 N–H and O–H groups in total. The molecule has 44 heavy (non-hydrogen) atoms. The number of halogens is 4. The molecule has 17 heteroatoms. The van der Waals surface area contributed by atoms with Crippen molar-refractivity contribution in [1.29, 1.82) is 0 Å². The molecule has 1 atom stereocenters. The van der Waals surface area contributed by atoms with Crippen molar-refractivity contribution in [2.75, 3.05) is 0 Å². The summed E-state index contributed by atoms with van der Waals surface area (Å²) in [5.41, 5.74) is 5.52. The van der Waals surface area contributed by atoms with Crippen LogP contribution in [0.3, 0.4) is 0 Å². The summed E-state index contributed by atoms with van der Waals surface area (Å²) in [6, 6.07) is 2.61. The second-order valence-electron chi connectivity index (χ2n) is 10.1. The Bertz CT molecular complexity index is 1950. The minimum Gasteiger partial charge on any atom is -0.444 e. The standard InChI is InChI=1S/C27H27ClF3N5O7S/c1-12(2)21(32)24(39)41-11-36-17(14-6-7-18(16(28)8-14)43-27(29,30)31)10-44-25(36)33-19(37)9-15-13(3)42-23-20(15)22(38)34(4)26(40)35(23)5/h6-8,10,12,21H,9,11,32H2,1-5H3. The summed E-state index contributed by atoms with van der Waals surface area (Å²) in [5, 5.41) is 1.26. The number of aryl methyl sites for hydroxylation is 2. The van der Waals surface area contributed by atoms with Crippen LogP contribution in [0.4, 0.5) is 13.2 Å². The zero-order valence-electron chi connectivity index (χ0n) is 24.0. The van der Waals surface area contributed by atoms with E-state index < -0.39 is 48.0 Å². The molecule has 236 valence electrons. The number of fused-ring (bicyclic) bond motifs is 1. The van der Waals surface area contributed by atoms with Gasteiger partial charge in [0.25, 0.3) is 11.5 Å². The van der Waals surface area contributed by atoms with Crippen LogP contribution in [0.25, 0.3) is 22.4 Å². The summed E-state index contributed by atoms with van der Waals surface area (Å²) in [7, 11) is 2.73. The molecule has 4 aromatic rings. The van der Waals surface area contributed by atoms with E-state index in [2.05, 4.69) is 9.73 Å². The number of amides is 1. The fourth-order valence-electron chi connectivity index (χ4n) is 4.23. The number of nitrogens with zero attached hydrogens (tertiary/aromatic N) is 4. The van der Waals surface area contributed by atoms with Crippen molar-refractivity contribution >= 4 is 45.9 Å². The molecular weight excluding hydrogens is 631 g/mol. The number of ether oxygens (including phenoxy) is 2. The maximum absolute atomic E-state index is 13.2. The van der Waals surface area contributed by atoms with Crippen molar-refractivity contribution in [1.82, 2.24) is 13.7 Å². The van der Waals surface area contributed by atoms with E-state index in [0.29, 0.717) is 11.3 Å². The number of alkyl halides is 3. The molecule has 1 unspecified atom stereocenters. The number of carbonyl (C=O) groups is 2. The molecule has 0 saturated heterocycles. The average molecular weight is 658 g/mol. The number of carbonyl (C=O) groups excluding carboxylic acids is 2. The molecule has 1 amide bonds. The number of furan rings is 1. The largest absolute Gasteiger partial charge is 0.573 e. The highest BCUT2D eigenvalue weighted by Gasteiger charge is 2.32. The highest BCUT2D eigenvalue weighted by molar-refractivity contribution is 7.07. The number of hydrogen-bond donors (Lipinski definition) is 1. The first kappa shape index (κ1) is 32.8. The van der Waals surface area contributed by atoms with Crippen molar-refractivity contribution in [3.63, 3.8) is 0 Å². The molecule has 0 aliphatic rings. The first-order chi connectivity index (χ1) is 20.5. The van der Waals surface area contributed by atoms with Crippen LogP contribution in [0.15, 0.2) is 42.6 Å². The molecule has 0 radical (unpaired) electrons. The summed E-state index contributed by atoms with van der Waals surface area (Å²) in [6.07, 6.45) is -5.33. The summed E-state index contributed by atoms with van der Waals surface area (Å²) in [5.74, 6) is -2.04. The fourth-order valence-corrected chi connectivity index (χ4v) is 5.37. The summed E-state index contributed by atoms with van der Waals surface area (Å²) in [6.45, 7) is 4.56. The Morgan fingerprint density at radius 3 is 2.48 bits per heavy atom. The number of esters is 1. The second kappa shape index (κ2) is 12.5. The van der Waals surface area contributed by atoms with E-state index in [1.165, 1.54) is 30.8 Å². The third-order valence-corrected chi connectivity index (χ3v) is 7.87. The van der Waals surface area contributed by atoms with E-state index in [1.807, 2.05) is 0 Å². The summed E-state index contributed by atoms with van der Waals surface area (Å²) >= 11 is 7.03. The van der Waals surface area contributed by atoms with Gasteiger partial charge in [-0.1, -0.05) is 25.4 Å². The number of rotatable bonds is 8. The van der Waals surface area contributed by atoms with Crippen LogP contribution >= 0.6 is 22.9 Å². The lowest BCUT2D eigenvalue weighted by Crippen LogP contribution is -2.37. The highest BCUT2D eigenvalue weighted by atomic mass is 35.5. The summed E-state index contributed by atoms with van der Waals surface area (Å²) < 4.78 is 56.5. The first-order valence-electron chi connectivity index (χ1n) is 12.9. The van der Waals surface area contributed by atoms with E-state index in [1.54, 1.807) is 26.2 Å². The maximum atomic E-state index is 13.2. The quantitative estimate of drug-likeness (QED) is 0.283. The Morgan fingerprint density at radius 2 is 1.86 bits per heavy atom. The highest BCUT2D eigenvalue weighted by Crippen LogP contribution is 2.34. The molecule has 12 nitrogen and oxygen atoms in total. The lowest BCUT2D eigenvalue weighted by molar-refractivity contribution is -0.274. The van der Waals surface area contributed by atoms with E-state index in [4.69, 9.17) is 26.5 Å². The lowest BCUT2D eigenvalue weighted by Gasteiger charge is -2.16. The van der Waals surface area contributed by atoms with Crippen LogP contribution in [0.5, 0.6) is 5.75 Å². The molecule has 3 aromatic heterocycles. The zero-order valence-corrected chi connectivity index (χ0v) is 25.6. The van der Waals surface area contributed by atoms with Crippen molar-refractivity contribution in [3.05, 3.63) is 65.6 Å². The molecule has 0 fully saturated rings. The third-order valence-electron chi connectivity index (χ3n) is 6.71. The van der Waals surface area contributed by atoms with Gasteiger partial charge in [-0.2, -0.15) is 4.99 Å². The predicted molar refractivity (Wildman–Crippen MR) is 154 cm³/mol. The predicted octanol–water partition coefficient (Wildman–Crippen LogP) is 3.37. The molecule has 1 aromatic carbocycles. The van der Waals surface area contributed by atoms with Crippen LogP contribution in [0.1, 0.15) is 25.2 Å². The zero-order chi connectivity index (χ0) is 32.7. The van der Waals surface area contributed by atoms with E-state index in [9.17, 15) is 32.3 Å². The van der Waals surface area contributed by atoms with Gasteiger partial charge in [-0.15, -0.1) is 24.5 Å². The van der Waals surface area contributed by atoms with Crippen molar-refractivity contribution in [3.8, 4) is 17.0 Å². The van der Waals surface area contributed by atoms with Gasteiger partial charge in [0.2, 0.25) is 5.71 Å². The monoisotopic (exact) mass is 657 g/mol. The number of hydrogen-bond acceptors (Lipinski definition) is 9. The van der Waals surface area contributed by atoms with Crippen LogP contribution in [0.2, 0.25) is 5.02 Å². The molecule has 3 heterocycles. The van der Waals surface area contributed by atoms with Gasteiger partial charge in [0.15, 0.2) is 11.5 Å². The molecule has 0 bridgehead atoms. The van der Waals surface area contributed by atoms with Crippen molar-refractivity contribution in [2.24, 2.45) is 30.7 Å². The average Bonchev–Trinajstić information content (AvgIpc) is 3.49. The Morgan fingerprint density at radius 1 is 1.18 bits per heavy atom.